The van der Waals surface area contributed by atoms with Crippen molar-refractivity contribution in [2.75, 3.05) is 6.54 Å². The lowest BCUT2D eigenvalue weighted by molar-refractivity contribution is 0.230. The highest BCUT2D eigenvalue weighted by Gasteiger charge is 2.31. The molecular formula is C14H19N3OS. The number of aromatic nitrogens is 2. The van der Waals surface area contributed by atoms with Gasteiger partial charge in [-0.1, -0.05) is 6.92 Å². The third-order valence-electron chi connectivity index (χ3n) is 3.87. The van der Waals surface area contributed by atoms with Crippen LogP contribution < -0.4 is 0 Å². The van der Waals surface area contributed by atoms with Crippen LogP contribution in [0, 0.1) is 0 Å². The molecule has 0 aliphatic carbocycles. The molecule has 0 unspecified atom stereocenters. The molecule has 1 aliphatic rings. The molecule has 0 spiro atoms. The predicted octanol–water partition coefficient (Wildman–Crippen LogP) is 3.07. The minimum atomic E-state index is 0.571. The van der Waals surface area contributed by atoms with E-state index in [1.54, 1.807) is 11.3 Å². The molecule has 0 radical (unpaired) electrons. The summed E-state index contributed by atoms with van der Waals surface area (Å²) in [6.45, 7) is 6.17. The summed E-state index contributed by atoms with van der Waals surface area (Å²) in [7, 11) is 0. The largest absolute Gasteiger partial charge is 0.424 e. The van der Waals surface area contributed by atoms with Gasteiger partial charge in [0.05, 0.1) is 6.54 Å². The van der Waals surface area contributed by atoms with Gasteiger partial charge in [-0.3, -0.25) is 4.90 Å². The van der Waals surface area contributed by atoms with Gasteiger partial charge in [0.25, 0.3) is 0 Å². The Morgan fingerprint density at radius 3 is 2.95 bits per heavy atom. The summed E-state index contributed by atoms with van der Waals surface area (Å²) in [6, 6.07) is 2.81. The summed E-state index contributed by atoms with van der Waals surface area (Å²) < 4.78 is 5.61. The second-order valence-electron chi connectivity index (χ2n) is 5.21. The smallest absolute Gasteiger partial charge is 0.230 e. The van der Waals surface area contributed by atoms with E-state index in [1.165, 1.54) is 12.0 Å². The molecule has 1 saturated heterocycles. The van der Waals surface area contributed by atoms with Gasteiger partial charge in [0.15, 0.2) is 0 Å². The number of hydrogen-bond acceptors (Lipinski definition) is 5. The zero-order chi connectivity index (χ0) is 13.2. The maximum atomic E-state index is 5.61. The number of likely N-dealkylation sites (tertiary alicyclic amines) is 1. The Labute approximate surface area is 117 Å². The van der Waals surface area contributed by atoms with E-state index in [2.05, 4.69) is 38.8 Å². The molecular weight excluding hydrogens is 258 g/mol. The van der Waals surface area contributed by atoms with Crippen molar-refractivity contribution in [3.8, 4) is 0 Å². The summed E-state index contributed by atoms with van der Waals surface area (Å²) in [6.07, 6.45) is 2.02. The van der Waals surface area contributed by atoms with Gasteiger partial charge in [-0.25, -0.2) is 0 Å². The molecule has 5 heteroatoms. The molecule has 3 heterocycles. The molecule has 2 atom stereocenters. The molecule has 19 heavy (non-hydrogen) atoms. The monoisotopic (exact) mass is 277 g/mol. The maximum absolute atomic E-state index is 5.61. The second kappa shape index (κ2) is 5.43. The first-order chi connectivity index (χ1) is 9.26. The minimum Gasteiger partial charge on any atom is -0.424 e. The van der Waals surface area contributed by atoms with E-state index < -0.39 is 0 Å². The Bertz CT molecular complexity index is 523. The van der Waals surface area contributed by atoms with Gasteiger partial charge in [0.2, 0.25) is 11.8 Å². The zero-order valence-electron chi connectivity index (χ0n) is 11.4. The summed E-state index contributed by atoms with van der Waals surface area (Å²) in [5.41, 5.74) is 1.47. The van der Waals surface area contributed by atoms with Crippen LogP contribution in [-0.4, -0.2) is 27.7 Å². The van der Waals surface area contributed by atoms with Crippen LogP contribution in [0.5, 0.6) is 0 Å². The number of aryl methyl sites for hydroxylation is 1. The second-order valence-corrected chi connectivity index (χ2v) is 5.99. The van der Waals surface area contributed by atoms with Crippen LogP contribution in [0.25, 0.3) is 0 Å². The number of nitrogens with zero attached hydrogens (tertiary/aromatic N) is 3. The van der Waals surface area contributed by atoms with Crippen molar-refractivity contribution in [1.82, 2.24) is 15.1 Å². The normalized spacial score (nSPS) is 24.1. The van der Waals surface area contributed by atoms with E-state index in [-0.39, 0.29) is 0 Å². The van der Waals surface area contributed by atoms with Crippen LogP contribution >= 0.6 is 11.3 Å². The summed E-state index contributed by atoms with van der Waals surface area (Å²) >= 11 is 1.78. The molecule has 0 aromatic carbocycles. The number of hydrogen-bond donors (Lipinski definition) is 0. The molecule has 102 valence electrons. The molecule has 0 bridgehead atoms. The van der Waals surface area contributed by atoms with Gasteiger partial charge >= 0.3 is 0 Å². The molecule has 4 nitrogen and oxygen atoms in total. The lowest BCUT2D eigenvalue weighted by atomic mass is 10.00. The Balaban J connectivity index is 1.65. The predicted molar refractivity (Wildman–Crippen MR) is 75.2 cm³/mol. The van der Waals surface area contributed by atoms with E-state index >= 15 is 0 Å². The van der Waals surface area contributed by atoms with Crippen molar-refractivity contribution in [1.29, 1.82) is 0 Å². The van der Waals surface area contributed by atoms with Crippen LogP contribution in [0.1, 0.15) is 43.5 Å². The average molecular weight is 277 g/mol. The minimum absolute atomic E-state index is 0.571. The van der Waals surface area contributed by atoms with Crippen molar-refractivity contribution in [3.05, 3.63) is 34.2 Å². The molecule has 3 rings (SSSR count). The van der Waals surface area contributed by atoms with Gasteiger partial charge in [-0.2, -0.15) is 11.3 Å². The van der Waals surface area contributed by atoms with E-state index in [9.17, 15) is 0 Å². The highest BCUT2D eigenvalue weighted by Crippen LogP contribution is 2.33. The molecule has 2 aromatic heterocycles. The fraction of sp³-hybridized carbons (Fsp3) is 0.571. The summed E-state index contributed by atoms with van der Waals surface area (Å²) in [4.78, 5) is 2.44. The summed E-state index contributed by atoms with van der Waals surface area (Å²) in [5, 5.41) is 12.6. The van der Waals surface area contributed by atoms with Gasteiger partial charge in [-0.05, 0) is 41.7 Å². The zero-order valence-corrected chi connectivity index (χ0v) is 12.2. The first-order valence-corrected chi connectivity index (χ1v) is 7.78. The Morgan fingerprint density at radius 1 is 1.42 bits per heavy atom. The van der Waals surface area contributed by atoms with Crippen molar-refractivity contribution in [2.24, 2.45) is 0 Å². The van der Waals surface area contributed by atoms with E-state index in [0.717, 1.165) is 31.3 Å². The van der Waals surface area contributed by atoms with Crippen molar-refractivity contribution in [3.63, 3.8) is 0 Å². The molecule has 2 aromatic rings. The standard InChI is InChI=1S/C14H19N3OS/c1-3-13-15-16-14(18-13)8-17-7-12(6-10(17)2)11-4-5-19-9-11/h4-5,9-10,12H,3,6-8H2,1-2H3/t10-,12+/m0/s1. The van der Waals surface area contributed by atoms with Crippen LogP contribution in [0.15, 0.2) is 21.2 Å². The van der Waals surface area contributed by atoms with Gasteiger partial charge in [-0.15, -0.1) is 10.2 Å². The lowest BCUT2D eigenvalue weighted by Crippen LogP contribution is -2.26. The first-order valence-electron chi connectivity index (χ1n) is 6.83. The van der Waals surface area contributed by atoms with E-state index in [4.69, 9.17) is 4.42 Å². The molecule has 0 amide bonds. The number of rotatable bonds is 4. The number of thiophene rings is 1. The lowest BCUT2D eigenvalue weighted by Gasteiger charge is -2.18. The van der Waals surface area contributed by atoms with Crippen molar-refractivity contribution < 1.29 is 4.42 Å². The third-order valence-corrected chi connectivity index (χ3v) is 4.57. The fourth-order valence-electron chi connectivity index (χ4n) is 2.74. The van der Waals surface area contributed by atoms with E-state index in [0.29, 0.717) is 12.0 Å². The van der Waals surface area contributed by atoms with Crippen LogP contribution in [0.3, 0.4) is 0 Å². The van der Waals surface area contributed by atoms with E-state index in [1.807, 2.05) is 6.92 Å². The fourth-order valence-corrected chi connectivity index (χ4v) is 3.48. The molecule has 0 saturated carbocycles. The van der Waals surface area contributed by atoms with Crippen LogP contribution in [0.4, 0.5) is 0 Å². The Hall–Kier alpha value is -1.20. The Kier molecular flexibility index (Phi) is 3.66. The van der Waals surface area contributed by atoms with Crippen molar-refractivity contribution >= 4 is 11.3 Å². The van der Waals surface area contributed by atoms with Gasteiger partial charge < -0.3 is 4.42 Å². The van der Waals surface area contributed by atoms with Gasteiger partial charge in [0.1, 0.15) is 0 Å². The quantitative estimate of drug-likeness (QED) is 0.861. The van der Waals surface area contributed by atoms with Crippen LogP contribution in [-0.2, 0) is 13.0 Å². The third kappa shape index (κ3) is 2.72. The molecule has 1 fully saturated rings. The SMILES string of the molecule is CCc1nnc(CN2C[C@H](c3ccsc3)C[C@@H]2C)o1. The topological polar surface area (TPSA) is 42.2 Å². The molecule has 0 N–H and O–H groups in total. The highest BCUT2D eigenvalue weighted by molar-refractivity contribution is 7.07. The van der Waals surface area contributed by atoms with Gasteiger partial charge in [0, 0.05) is 19.0 Å². The molecule has 1 aliphatic heterocycles. The average Bonchev–Trinajstić information content (AvgIpc) is 3.12. The Morgan fingerprint density at radius 2 is 2.26 bits per heavy atom. The van der Waals surface area contributed by atoms with Crippen molar-refractivity contribution in [2.45, 2.75) is 45.2 Å². The van der Waals surface area contributed by atoms with Crippen LogP contribution in [0.2, 0.25) is 0 Å². The summed E-state index contributed by atoms with van der Waals surface area (Å²) in [5.74, 6) is 2.13. The first kappa shape index (κ1) is 12.8. The maximum Gasteiger partial charge on any atom is 0.230 e. The highest BCUT2D eigenvalue weighted by atomic mass is 32.1.